The van der Waals surface area contributed by atoms with E-state index >= 15 is 0 Å². The van der Waals surface area contributed by atoms with E-state index in [4.69, 9.17) is 11.6 Å². The normalized spacial score (nSPS) is 20.2. The molecule has 94 valence electrons. The Labute approximate surface area is 114 Å². The first-order chi connectivity index (χ1) is 8.74. The van der Waals surface area contributed by atoms with Crippen molar-refractivity contribution in [3.8, 4) is 0 Å². The van der Waals surface area contributed by atoms with Gasteiger partial charge in [-0.15, -0.1) is 11.3 Å². The predicted octanol–water partition coefficient (Wildman–Crippen LogP) is 3.27. The summed E-state index contributed by atoms with van der Waals surface area (Å²) < 4.78 is 0.974. The Hall–Kier alpha value is -0.970. The van der Waals surface area contributed by atoms with Crippen molar-refractivity contribution in [1.29, 1.82) is 0 Å². The quantitative estimate of drug-likeness (QED) is 0.859. The Morgan fingerprint density at radius 3 is 3.11 bits per heavy atom. The van der Waals surface area contributed by atoms with Gasteiger partial charge in [-0.25, -0.2) is 4.98 Å². The molecule has 1 aliphatic rings. The molecule has 18 heavy (non-hydrogen) atoms. The van der Waals surface area contributed by atoms with E-state index in [0.29, 0.717) is 10.0 Å². The van der Waals surface area contributed by atoms with Gasteiger partial charge in [0.2, 0.25) is 5.78 Å². The van der Waals surface area contributed by atoms with Gasteiger partial charge in [0.05, 0.1) is 16.3 Å². The molecule has 2 aromatic rings. The van der Waals surface area contributed by atoms with E-state index in [-0.39, 0.29) is 11.8 Å². The number of carbonyl (C=O) groups excluding carboxylic acids is 1. The largest absolute Gasteiger partial charge is 0.307 e. The molecular weight excluding hydrogens is 268 g/mol. The van der Waals surface area contributed by atoms with Crippen molar-refractivity contribution in [2.24, 2.45) is 0 Å². The second kappa shape index (κ2) is 4.96. The van der Waals surface area contributed by atoms with Gasteiger partial charge in [0, 0.05) is 5.02 Å². The molecular formula is C13H13ClN2OS. The zero-order valence-electron chi connectivity index (χ0n) is 9.78. The molecule has 1 fully saturated rings. The SMILES string of the molecule is O=C(c1nc2ccc(Cl)cc2s1)C1CCCCN1. The fraction of sp³-hybridized carbons (Fsp3) is 0.385. The summed E-state index contributed by atoms with van der Waals surface area (Å²) in [6.45, 7) is 0.924. The topological polar surface area (TPSA) is 42.0 Å². The van der Waals surface area contributed by atoms with Crippen LogP contribution in [-0.4, -0.2) is 23.4 Å². The molecule has 2 heterocycles. The molecule has 1 N–H and O–H groups in total. The van der Waals surface area contributed by atoms with Crippen molar-refractivity contribution in [2.45, 2.75) is 25.3 Å². The molecule has 5 heteroatoms. The van der Waals surface area contributed by atoms with Crippen LogP contribution < -0.4 is 5.32 Å². The summed E-state index contributed by atoms with van der Waals surface area (Å²) in [5.41, 5.74) is 0.851. The number of aromatic nitrogens is 1. The second-order valence-electron chi connectivity index (χ2n) is 4.50. The first kappa shape index (κ1) is 12.1. The van der Waals surface area contributed by atoms with Crippen LogP contribution in [0.1, 0.15) is 29.1 Å². The molecule has 1 aliphatic heterocycles. The van der Waals surface area contributed by atoms with Crippen LogP contribution in [0.5, 0.6) is 0 Å². The highest BCUT2D eigenvalue weighted by atomic mass is 35.5. The summed E-state index contributed by atoms with van der Waals surface area (Å²) in [6, 6.07) is 5.46. The number of halogens is 1. The number of thiazole rings is 1. The molecule has 1 aromatic carbocycles. The Morgan fingerprint density at radius 1 is 1.44 bits per heavy atom. The van der Waals surface area contributed by atoms with Gasteiger partial charge in [0.25, 0.3) is 0 Å². The van der Waals surface area contributed by atoms with E-state index < -0.39 is 0 Å². The molecule has 1 unspecified atom stereocenters. The van der Waals surface area contributed by atoms with Gasteiger partial charge in [-0.05, 0) is 37.6 Å². The average molecular weight is 281 g/mol. The molecule has 0 aliphatic carbocycles. The highest BCUT2D eigenvalue weighted by molar-refractivity contribution is 7.20. The van der Waals surface area contributed by atoms with Crippen LogP contribution >= 0.6 is 22.9 Å². The van der Waals surface area contributed by atoms with Crippen molar-refractivity contribution < 1.29 is 4.79 Å². The van der Waals surface area contributed by atoms with Crippen molar-refractivity contribution >= 4 is 38.9 Å². The maximum absolute atomic E-state index is 12.3. The van der Waals surface area contributed by atoms with Crippen LogP contribution in [0, 0.1) is 0 Å². The smallest absolute Gasteiger partial charge is 0.208 e. The third-order valence-corrected chi connectivity index (χ3v) is 4.46. The van der Waals surface area contributed by atoms with Crippen LogP contribution in [0.25, 0.3) is 10.2 Å². The Kier molecular flexibility index (Phi) is 3.33. The van der Waals surface area contributed by atoms with Crippen molar-refractivity contribution in [2.75, 3.05) is 6.54 Å². The molecule has 0 saturated carbocycles. The number of fused-ring (bicyclic) bond motifs is 1. The number of piperidine rings is 1. The van der Waals surface area contributed by atoms with Gasteiger partial charge in [0.15, 0.2) is 5.01 Å². The van der Waals surface area contributed by atoms with Crippen molar-refractivity contribution in [1.82, 2.24) is 10.3 Å². The molecule has 0 spiro atoms. The summed E-state index contributed by atoms with van der Waals surface area (Å²) in [6.07, 6.45) is 3.18. The lowest BCUT2D eigenvalue weighted by Gasteiger charge is -2.20. The number of nitrogens with one attached hydrogen (secondary N) is 1. The molecule has 1 saturated heterocycles. The highest BCUT2D eigenvalue weighted by Crippen LogP contribution is 2.26. The molecule has 3 rings (SSSR count). The number of nitrogens with zero attached hydrogens (tertiary/aromatic N) is 1. The van der Waals surface area contributed by atoms with Crippen LogP contribution in [-0.2, 0) is 0 Å². The Balaban J connectivity index is 1.91. The van der Waals surface area contributed by atoms with E-state index in [1.54, 1.807) is 6.07 Å². The maximum Gasteiger partial charge on any atom is 0.208 e. The van der Waals surface area contributed by atoms with Gasteiger partial charge in [-0.3, -0.25) is 4.79 Å². The monoisotopic (exact) mass is 280 g/mol. The summed E-state index contributed by atoms with van der Waals surface area (Å²) >= 11 is 7.37. The second-order valence-corrected chi connectivity index (χ2v) is 5.96. The Morgan fingerprint density at radius 2 is 2.33 bits per heavy atom. The van der Waals surface area contributed by atoms with E-state index in [1.807, 2.05) is 12.1 Å². The number of hydrogen-bond donors (Lipinski definition) is 1. The molecule has 0 radical (unpaired) electrons. The van der Waals surface area contributed by atoms with Crippen molar-refractivity contribution in [3.05, 3.63) is 28.2 Å². The van der Waals surface area contributed by atoms with Gasteiger partial charge in [-0.1, -0.05) is 18.0 Å². The fourth-order valence-corrected chi connectivity index (χ4v) is 3.46. The van der Waals surface area contributed by atoms with Gasteiger partial charge < -0.3 is 5.32 Å². The number of carbonyl (C=O) groups is 1. The standard InChI is InChI=1S/C13H13ClN2OS/c14-8-4-5-9-11(7-8)18-13(16-9)12(17)10-3-1-2-6-15-10/h4-5,7,10,15H,1-3,6H2. The van der Waals surface area contributed by atoms with Gasteiger partial charge >= 0.3 is 0 Å². The molecule has 0 bridgehead atoms. The molecule has 0 amide bonds. The van der Waals surface area contributed by atoms with E-state index in [9.17, 15) is 4.79 Å². The van der Waals surface area contributed by atoms with Crippen LogP contribution in [0.15, 0.2) is 18.2 Å². The highest BCUT2D eigenvalue weighted by Gasteiger charge is 2.24. The third-order valence-electron chi connectivity index (χ3n) is 3.19. The molecule has 1 aromatic heterocycles. The maximum atomic E-state index is 12.3. The number of benzene rings is 1. The average Bonchev–Trinajstić information content (AvgIpc) is 2.81. The van der Waals surface area contributed by atoms with E-state index in [2.05, 4.69) is 10.3 Å². The number of hydrogen-bond acceptors (Lipinski definition) is 4. The predicted molar refractivity (Wildman–Crippen MR) is 74.6 cm³/mol. The Bertz CT molecular complexity index is 590. The lowest BCUT2D eigenvalue weighted by Crippen LogP contribution is -2.40. The summed E-state index contributed by atoms with van der Waals surface area (Å²) in [5.74, 6) is 0.118. The first-order valence-electron chi connectivity index (χ1n) is 6.08. The minimum atomic E-state index is -0.0604. The summed E-state index contributed by atoms with van der Waals surface area (Å²) in [4.78, 5) is 16.7. The number of Topliss-reactive ketones (excluding diaryl/α,β-unsaturated/α-hetero) is 1. The minimum absolute atomic E-state index is 0.0604. The lowest BCUT2D eigenvalue weighted by atomic mass is 10.0. The summed E-state index contributed by atoms with van der Waals surface area (Å²) in [5, 5.41) is 4.54. The molecule has 1 atom stereocenters. The molecule has 3 nitrogen and oxygen atoms in total. The van der Waals surface area contributed by atoms with E-state index in [0.717, 1.165) is 36.0 Å². The van der Waals surface area contributed by atoms with Crippen LogP contribution in [0.3, 0.4) is 0 Å². The van der Waals surface area contributed by atoms with E-state index in [1.165, 1.54) is 11.3 Å². The summed E-state index contributed by atoms with van der Waals surface area (Å²) in [7, 11) is 0. The van der Waals surface area contributed by atoms with Crippen LogP contribution in [0.2, 0.25) is 5.02 Å². The fourth-order valence-electron chi connectivity index (χ4n) is 2.23. The zero-order valence-corrected chi connectivity index (χ0v) is 11.4. The number of rotatable bonds is 2. The van der Waals surface area contributed by atoms with Gasteiger partial charge in [0.1, 0.15) is 0 Å². The first-order valence-corrected chi connectivity index (χ1v) is 7.27. The zero-order chi connectivity index (χ0) is 12.5. The number of ketones is 1. The minimum Gasteiger partial charge on any atom is -0.307 e. The van der Waals surface area contributed by atoms with Crippen molar-refractivity contribution in [3.63, 3.8) is 0 Å². The van der Waals surface area contributed by atoms with Gasteiger partial charge in [-0.2, -0.15) is 0 Å². The lowest BCUT2D eigenvalue weighted by molar-refractivity contribution is 0.0927. The third kappa shape index (κ3) is 2.28. The van der Waals surface area contributed by atoms with Crippen LogP contribution in [0.4, 0.5) is 0 Å².